The second-order valence-corrected chi connectivity index (χ2v) is 5.34. The molecule has 0 spiro atoms. The van der Waals surface area contributed by atoms with Gasteiger partial charge < -0.3 is 15.1 Å². The van der Waals surface area contributed by atoms with E-state index < -0.39 is 39.8 Å². The molecule has 9 heteroatoms. The highest BCUT2D eigenvalue weighted by atomic mass is 32.2. The Morgan fingerprint density at radius 2 is 2.19 bits per heavy atom. The molecule has 1 aliphatic rings. The summed E-state index contributed by atoms with van der Waals surface area (Å²) in [6.07, 6.45) is -0.345. The number of nitrogens with zero attached hydrogens (tertiary/aromatic N) is 1. The van der Waals surface area contributed by atoms with Crippen molar-refractivity contribution in [3.8, 4) is 0 Å². The first kappa shape index (κ1) is 12.9. The van der Waals surface area contributed by atoms with Gasteiger partial charge >= 0.3 is 5.97 Å². The topological polar surface area (TPSA) is 138 Å². The summed E-state index contributed by atoms with van der Waals surface area (Å²) in [5.41, 5.74) is 0. The van der Waals surface area contributed by atoms with E-state index in [4.69, 9.17) is 15.4 Å². The quantitative estimate of drug-likeness (QED) is 0.498. The average molecular weight is 252 g/mol. The minimum absolute atomic E-state index is 0.296. The molecule has 8 nitrogen and oxygen atoms in total. The molecule has 92 valence electrons. The van der Waals surface area contributed by atoms with Crippen molar-refractivity contribution in [2.24, 2.45) is 5.14 Å². The number of hydrogen-bond acceptors (Lipinski definition) is 5. The zero-order chi connectivity index (χ0) is 12.5. The molecule has 0 aromatic heterocycles. The van der Waals surface area contributed by atoms with Crippen molar-refractivity contribution in [2.45, 2.75) is 17.7 Å². The Morgan fingerprint density at radius 3 is 2.50 bits per heavy atom. The Labute approximate surface area is 91.7 Å². The third kappa shape index (κ3) is 2.49. The number of carbonyl (C=O) groups excluding carboxylic acids is 1. The highest BCUT2D eigenvalue weighted by molar-refractivity contribution is 7.89. The van der Waals surface area contributed by atoms with E-state index in [9.17, 15) is 18.0 Å². The molecule has 0 aliphatic carbocycles. The first-order valence-corrected chi connectivity index (χ1v) is 6.03. The summed E-state index contributed by atoms with van der Waals surface area (Å²) in [6.45, 7) is -1.06. The number of aliphatic carboxylic acids is 1. The number of rotatable bonds is 4. The summed E-state index contributed by atoms with van der Waals surface area (Å²) in [4.78, 5) is 22.9. The Kier molecular flexibility index (Phi) is 3.51. The van der Waals surface area contributed by atoms with Crippen molar-refractivity contribution in [1.82, 2.24) is 4.90 Å². The fourth-order valence-corrected chi connectivity index (χ4v) is 2.27. The molecule has 0 bridgehead atoms. The van der Waals surface area contributed by atoms with E-state index in [0.717, 1.165) is 4.90 Å². The predicted octanol–water partition coefficient (Wildman–Crippen LogP) is -2.68. The van der Waals surface area contributed by atoms with E-state index in [1.165, 1.54) is 0 Å². The molecule has 1 rings (SSSR count). The van der Waals surface area contributed by atoms with Gasteiger partial charge in [-0.3, -0.25) is 4.79 Å². The number of aliphatic hydroxyl groups is 1. The molecule has 16 heavy (non-hydrogen) atoms. The Hall–Kier alpha value is -1.19. The largest absolute Gasteiger partial charge is 0.480 e. The molecule has 0 saturated carbocycles. The van der Waals surface area contributed by atoms with Crippen molar-refractivity contribution in [1.29, 1.82) is 0 Å². The fraction of sp³-hybridized carbons (Fsp3) is 0.714. The van der Waals surface area contributed by atoms with Crippen LogP contribution in [0, 0.1) is 0 Å². The number of amides is 1. The zero-order valence-corrected chi connectivity index (χ0v) is 9.05. The summed E-state index contributed by atoms with van der Waals surface area (Å²) >= 11 is 0. The van der Waals surface area contributed by atoms with Crippen molar-refractivity contribution in [2.75, 3.05) is 13.2 Å². The minimum Gasteiger partial charge on any atom is -0.480 e. The molecule has 1 saturated heterocycles. The standard InChI is InChI=1S/C7H12N2O6S/c8-16(14,15)4-1-6(11)9(2-4)5(3-10)7(12)13/h4-5,10H,1-3H2,(H,12,13)(H2,8,14,15)/t4?,5-/m0/s1. The molecule has 1 heterocycles. The molecule has 2 atom stereocenters. The van der Waals surface area contributed by atoms with Crippen LogP contribution in [0.2, 0.25) is 0 Å². The number of carboxylic acid groups (broad SMARTS) is 1. The van der Waals surface area contributed by atoms with Gasteiger partial charge in [-0.25, -0.2) is 18.4 Å². The van der Waals surface area contributed by atoms with Crippen LogP contribution in [-0.4, -0.2) is 59.9 Å². The lowest BCUT2D eigenvalue weighted by Gasteiger charge is -2.22. The number of likely N-dealkylation sites (tertiary alicyclic amines) is 1. The first-order valence-electron chi connectivity index (χ1n) is 4.42. The Balaban J connectivity index is 2.86. The number of primary sulfonamides is 1. The summed E-state index contributed by atoms with van der Waals surface area (Å²) in [7, 11) is -3.87. The van der Waals surface area contributed by atoms with Gasteiger partial charge in [0.15, 0.2) is 6.04 Å². The van der Waals surface area contributed by atoms with Crippen LogP contribution in [0.4, 0.5) is 0 Å². The fourth-order valence-electron chi connectivity index (χ4n) is 1.53. The zero-order valence-electron chi connectivity index (χ0n) is 8.24. The van der Waals surface area contributed by atoms with Gasteiger partial charge in [0, 0.05) is 13.0 Å². The maximum atomic E-state index is 11.4. The average Bonchev–Trinajstić information content (AvgIpc) is 2.48. The van der Waals surface area contributed by atoms with Gasteiger partial charge in [0.1, 0.15) is 5.25 Å². The highest BCUT2D eigenvalue weighted by Crippen LogP contribution is 2.19. The number of nitrogens with two attached hydrogens (primary N) is 1. The lowest BCUT2D eigenvalue weighted by atomic mass is 10.3. The lowest BCUT2D eigenvalue weighted by molar-refractivity contribution is -0.149. The molecular formula is C7H12N2O6S. The third-order valence-corrected chi connectivity index (χ3v) is 3.67. The molecule has 1 aliphatic heterocycles. The maximum absolute atomic E-state index is 11.4. The number of carbonyl (C=O) groups is 2. The smallest absolute Gasteiger partial charge is 0.328 e. The van der Waals surface area contributed by atoms with Crippen molar-refractivity contribution < 1.29 is 28.2 Å². The number of carboxylic acids is 1. The van der Waals surface area contributed by atoms with Gasteiger partial charge in [0.05, 0.1) is 6.61 Å². The van der Waals surface area contributed by atoms with Gasteiger partial charge in [-0.1, -0.05) is 0 Å². The molecule has 1 unspecified atom stereocenters. The van der Waals surface area contributed by atoms with E-state index in [2.05, 4.69) is 0 Å². The lowest BCUT2D eigenvalue weighted by Crippen LogP contribution is -2.45. The monoisotopic (exact) mass is 252 g/mol. The van der Waals surface area contributed by atoms with Crippen LogP contribution in [0.5, 0.6) is 0 Å². The van der Waals surface area contributed by atoms with E-state index in [1.807, 2.05) is 0 Å². The van der Waals surface area contributed by atoms with Gasteiger partial charge in [-0.2, -0.15) is 0 Å². The number of aliphatic hydroxyl groups excluding tert-OH is 1. The number of hydrogen-bond donors (Lipinski definition) is 3. The molecule has 1 fully saturated rings. The van der Waals surface area contributed by atoms with Crippen LogP contribution in [0.25, 0.3) is 0 Å². The second kappa shape index (κ2) is 4.36. The molecule has 4 N–H and O–H groups in total. The van der Waals surface area contributed by atoms with E-state index in [1.54, 1.807) is 0 Å². The summed E-state index contributed by atoms with van der Waals surface area (Å²) in [5.74, 6) is -2.02. The summed E-state index contributed by atoms with van der Waals surface area (Å²) in [6, 6.07) is -1.42. The molecular weight excluding hydrogens is 240 g/mol. The van der Waals surface area contributed by atoms with Gasteiger partial charge in [-0.15, -0.1) is 0 Å². The summed E-state index contributed by atoms with van der Waals surface area (Å²) in [5, 5.41) is 21.3. The summed E-state index contributed by atoms with van der Waals surface area (Å²) < 4.78 is 22.0. The van der Waals surface area contributed by atoms with Crippen LogP contribution in [0.3, 0.4) is 0 Å². The highest BCUT2D eigenvalue weighted by Gasteiger charge is 2.41. The van der Waals surface area contributed by atoms with E-state index in [-0.39, 0.29) is 13.0 Å². The second-order valence-electron chi connectivity index (χ2n) is 3.50. The Bertz CT molecular complexity index is 405. The molecule has 1 amide bonds. The van der Waals surface area contributed by atoms with E-state index in [0.29, 0.717) is 0 Å². The van der Waals surface area contributed by atoms with Gasteiger partial charge in [0.25, 0.3) is 0 Å². The van der Waals surface area contributed by atoms with Crippen molar-refractivity contribution in [3.63, 3.8) is 0 Å². The van der Waals surface area contributed by atoms with Crippen LogP contribution in [0.1, 0.15) is 6.42 Å². The van der Waals surface area contributed by atoms with Crippen LogP contribution in [-0.2, 0) is 19.6 Å². The van der Waals surface area contributed by atoms with Gasteiger partial charge in [-0.05, 0) is 0 Å². The first-order chi connectivity index (χ1) is 7.27. The maximum Gasteiger partial charge on any atom is 0.328 e. The van der Waals surface area contributed by atoms with Crippen LogP contribution >= 0.6 is 0 Å². The SMILES string of the molecule is NS(=O)(=O)C1CC(=O)N([C@@H](CO)C(=O)O)C1. The van der Waals surface area contributed by atoms with Crippen LogP contribution < -0.4 is 5.14 Å². The van der Waals surface area contributed by atoms with Crippen molar-refractivity contribution >= 4 is 21.9 Å². The molecule has 0 radical (unpaired) electrons. The third-order valence-electron chi connectivity index (χ3n) is 2.42. The molecule has 0 aromatic carbocycles. The number of sulfonamides is 1. The van der Waals surface area contributed by atoms with Gasteiger partial charge in [0.2, 0.25) is 15.9 Å². The molecule has 0 aromatic rings. The van der Waals surface area contributed by atoms with E-state index >= 15 is 0 Å². The predicted molar refractivity (Wildman–Crippen MR) is 51.7 cm³/mol. The Morgan fingerprint density at radius 1 is 1.62 bits per heavy atom. The van der Waals surface area contributed by atoms with Crippen molar-refractivity contribution in [3.05, 3.63) is 0 Å². The normalized spacial score (nSPS) is 23.5. The minimum atomic E-state index is -3.87. The van der Waals surface area contributed by atoms with Crippen LogP contribution in [0.15, 0.2) is 0 Å².